The summed E-state index contributed by atoms with van der Waals surface area (Å²) in [5.41, 5.74) is 0.172. The van der Waals surface area contributed by atoms with Crippen molar-refractivity contribution in [3.05, 3.63) is 46.8 Å². The van der Waals surface area contributed by atoms with Gasteiger partial charge in [-0.15, -0.1) is 0 Å². The molecule has 0 bridgehead atoms. The second-order valence-electron chi connectivity index (χ2n) is 2.64. The van der Waals surface area contributed by atoms with E-state index in [1.807, 2.05) is 0 Å². The Balaban J connectivity index is 2.50. The molecule has 0 saturated carbocycles. The summed E-state index contributed by atoms with van der Waals surface area (Å²) >= 11 is 0. The van der Waals surface area contributed by atoms with E-state index in [1.165, 1.54) is 24.4 Å². The molecule has 0 fully saturated rings. The van der Waals surface area contributed by atoms with Crippen LogP contribution in [0.1, 0.15) is 0 Å². The maximum Gasteiger partial charge on any atom is 0.251 e. The molecule has 4 nitrogen and oxygen atoms in total. The summed E-state index contributed by atoms with van der Waals surface area (Å²) in [4.78, 5) is 21.1. The SMILES string of the molecule is O=c1ccnc(-c2ccc(F)cn2)[nH]1. The number of rotatable bonds is 1. The van der Waals surface area contributed by atoms with Crippen molar-refractivity contribution in [2.75, 3.05) is 0 Å². The van der Waals surface area contributed by atoms with Gasteiger partial charge in [-0.25, -0.2) is 14.4 Å². The Kier molecular flexibility index (Phi) is 2.06. The maximum atomic E-state index is 12.5. The van der Waals surface area contributed by atoms with E-state index in [1.54, 1.807) is 0 Å². The average molecular weight is 191 g/mol. The van der Waals surface area contributed by atoms with Crippen molar-refractivity contribution in [3.63, 3.8) is 0 Å². The molecule has 2 rings (SSSR count). The highest BCUT2D eigenvalue weighted by Gasteiger charge is 2.00. The number of nitrogens with zero attached hydrogens (tertiary/aromatic N) is 2. The molecule has 0 radical (unpaired) electrons. The topological polar surface area (TPSA) is 58.6 Å². The fraction of sp³-hybridized carbons (Fsp3) is 0. The summed E-state index contributed by atoms with van der Waals surface area (Å²) in [6, 6.07) is 4.01. The van der Waals surface area contributed by atoms with Crippen molar-refractivity contribution in [2.45, 2.75) is 0 Å². The van der Waals surface area contributed by atoms with E-state index >= 15 is 0 Å². The zero-order valence-electron chi connectivity index (χ0n) is 7.07. The molecule has 0 unspecified atom stereocenters. The number of hydrogen-bond acceptors (Lipinski definition) is 3. The van der Waals surface area contributed by atoms with Crippen LogP contribution in [-0.2, 0) is 0 Å². The molecule has 0 aromatic carbocycles. The molecule has 0 spiro atoms. The zero-order chi connectivity index (χ0) is 9.97. The Morgan fingerprint density at radius 3 is 2.71 bits per heavy atom. The van der Waals surface area contributed by atoms with E-state index in [0.29, 0.717) is 11.5 Å². The maximum absolute atomic E-state index is 12.5. The van der Waals surface area contributed by atoms with Gasteiger partial charge in [0.05, 0.1) is 6.20 Å². The van der Waals surface area contributed by atoms with Crippen LogP contribution in [-0.4, -0.2) is 15.0 Å². The predicted octanol–water partition coefficient (Wildman–Crippen LogP) is 0.971. The monoisotopic (exact) mass is 191 g/mol. The summed E-state index contributed by atoms with van der Waals surface area (Å²) in [5, 5.41) is 0. The number of H-pyrrole nitrogens is 1. The van der Waals surface area contributed by atoms with Gasteiger partial charge in [-0.05, 0) is 12.1 Å². The fourth-order valence-electron chi connectivity index (χ4n) is 1.02. The van der Waals surface area contributed by atoms with Gasteiger partial charge in [-0.3, -0.25) is 4.79 Å². The number of aromatic amines is 1. The van der Waals surface area contributed by atoms with Crippen LogP contribution in [0.5, 0.6) is 0 Å². The van der Waals surface area contributed by atoms with E-state index in [0.717, 1.165) is 6.20 Å². The first-order chi connectivity index (χ1) is 6.75. The molecule has 2 aromatic heterocycles. The van der Waals surface area contributed by atoms with Crippen molar-refractivity contribution in [3.8, 4) is 11.5 Å². The first-order valence-electron chi connectivity index (χ1n) is 3.93. The third-order valence-electron chi connectivity index (χ3n) is 1.64. The highest BCUT2D eigenvalue weighted by Crippen LogP contribution is 2.08. The Hall–Kier alpha value is -2.04. The van der Waals surface area contributed by atoms with Crippen molar-refractivity contribution in [2.24, 2.45) is 0 Å². The minimum atomic E-state index is -0.424. The summed E-state index contributed by atoms with van der Waals surface area (Å²) < 4.78 is 12.5. The average Bonchev–Trinajstić information content (AvgIpc) is 2.19. The van der Waals surface area contributed by atoms with Crippen LogP contribution in [0.4, 0.5) is 4.39 Å². The van der Waals surface area contributed by atoms with Gasteiger partial charge in [-0.1, -0.05) is 0 Å². The van der Waals surface area contributed by atoms with Crippen molar-refractivity contribution < 1.29 is 4.39 Å². The second-order valence-corrected chi connectivity index (χ2v) is 2.64. The second kappa shape index (κ2) is 3.37. The summed E-state index contributed by atoms with van der Waals surface area (Å²) in [6.07, 6.45) is 2.45. The zero-order valence-corrected chi connectivity index (χ0v) is 7.07. The lowest BCUT2D eigenvalue weighted by molar-refractivity contribution is 0.621. The minimum absolute atomic E-state index is 0.263. The molecular weight excluding hydrogens is 185 g/mol. The predicted molar refractivity (Wildman–Crippen MR) is 48.0 cm³/mol. The molecular formula is C9H6FN3O. The molecule has 1 N–H and O–H groups in total. The summed E-state index contributed by atoms with van der Waals surface area (Å²) in [6.45, 7) is 0. The molecule has 5 heteroatoms. The quantitative estimate of drug-likeness (QED) is 0.730. The molecule has 70 valence electrons. The highest BCUT2D eigenvalue weighted by atomic mass is 19.1. The molecule has 14 heavy (non-hydrogen) atoms. The van der Waals surface area contributed by atoms with Crippen LogP contribution in [0.25, 0.3) is 11.5 Å². The Labute approximate surface area is 78.5 Å². The minimum Gasteiger partial charge on any atom is -0.305 e. The number of pyridine rings is 1. The van der Waals surface area contributed by atoms with E-state index < -0.39 is 5.82 Å². The van der Waals surface area contributed by atoms with E-state index in [2.05, 4.69) is 15.0 Å². The normalized spacial score (nSPS) is 10.1. The van der Waals surface area contributed by atoms with Gasteiger partial charge < -0.3 is 4.98 Å². The first-order valence-corrected chi connectivity index (χ1v) is 3.93. The number of aromatic nitrogens is 3. The van der Waals surface area contributed by atoms with E-state index in [-0.39, 0.29) is 5.56 Å². The summed E-state index contributed by atoms with van der Waals surface area (Å²) in [7, 11) is 0. The van der Waals surface area contributed by atoms with Crippen LogP contribution < -0.4 is 5.56 Å². The standard InChI is InChI=1S/C9H6FN3O/c10-6-1-2-7(12-5-6)9-11-4-3-8(14)13-9/h1-5H,(H,11,13,14). The lowest BCUT2D eigenvalue weighted by atomic mass is 10.3. The van der Waals surface area contributed by atoms with Crippen LogP contribution in [0.3, 0.4) is 0 Å². The number of hydrogen-bond donors (Lipinski definition) is 1. The Morgan fingerprint density at radius 2 is 2.07 bits per heavy atom. The van der Waals surface area contributed by atoms with Gasteiger partial charge in [0.15, 0.2) is 5.82 Å². The van der Waals surface area contributed by atoms with Gasteiger partial charge in [0.2, 0.25) is 0 Å². The van der Waals surface area contributed by atoms with Crippen molar-refractivity contribution in [1.82, 2.24) is 15.0 Å². The van der Waals surface area contributed by atoms with E-state index in [4.69, 9.17) is 0 Å². The summed E-state index contributed by atoms with van der Waals surface area (Å²) in [5.74, 6) is -0.0930. The number of halogens is 1. The smallest absolute Gasteiger partial charge is 0.251 e. The Morgan fingerprint density at radius 1 is 1.21 bits per heavy atom. The lowest BCUT2D eigenvalue weighted by Gasteiger charge is -1.97. The third kappa shape index (κ3) is 1.66. The molecule has 0 aliphatic carbocycles. The van der Waals surface area contributed by atoms with Gasteiger partial charge in [-0.2, -0.15) is 0 Å². The largest absolute Gasteiger partial charge is 0.305 e. The van der Waals surface area contributed by atoms with E-state index in [9.17, 15) is 9.18 Å². The molecule has 0 aliphatic heterocycles. The fourth-order valence-corrected chi connectivity index (χ4v) is 1.02. The molecule has 0 atom stereocenters. The molecule has 2 aromatic rings. The lowest BCUT2D eigenvalue weighted by Crippen LogP contribution is -2.06. The molecule has 0 saturated heterocycles. The van der Waals surface area contributed by atoms with Crippen LogP contribution in [0.15, 0.2) is 35.4 Å². The van der Waals surface area contributed by atoms with Crippen LogP contribution >= 0.6 is 0 Å². The van der Waals surface area contributed by atoms with Crippen LogP contribution in [0, 0.1) is 5.82 Å². The molecule has 0 amide bonds. The van der Waals surface area contributed by atoms with Crippen molar-refractivity contribution >= 4 is 0 Å². The van der Waals surface area contributed by atoms with Crippen LogP contribution in [0.2, 0.25) is 0 Å². The number of nitrogens with one attached hydrogen (secondary N) is 1. The van der Waals surface area contributed by atoms with Gasteiger partial charge >= 0.3 is 0 Å². The van der Waals surface area contributed by atoms with Gasteiger partial charge in [0.25, 0.3) is 5.56 Å². The highest BCUT2D eigenvalue weighted by molar-refractivity contribution is 5.47. The third-order valence-corrected chi connectivity index (χ3v) is 1.64. The van der Waals surface area contributed by atoms with Gasteiger partial charge in [0.1, 0.15) is 11.5 Å². The first kappa shape index (κ1) is 8.55. The molecule has 0 aliphatic rings. The Bertz CT molecular complexity index is 492. The molecule has 2 heterocycles. The van der Waals surface area contributed by atoms with Gasteiger partial charge in [0, 0.05) is 12.3 Å². The van der Waals surface area contributed by atoms with Crippen molar-refractivity contribution in [1.29, 1.82) is 0 Å².